The van der Waals surface area contributed by atoms with Crippen LogP contribution in [-0.4, -0.2) is 22.7 Å². The lowest BCUT2D eigenvalue weighted by Crippen LogP contribution is -2.05. The largest absolute Gasteiger partial charge is 0.461 e. The van der Waals surface area contributed by atoms with Crippen molar-refractivity contribution in [1.29, 1.82) is 0 Å². The molecule has 0 aliphatic carbocycles. The van der Waals surface area contributed by atoms with Gasteiger partial charge in [-0.15, -0.1) is 11.3 Å². The summed E-state index contributed by atoms with van der Waals surface area (Å²) in [7, 11) is 0. The molecule has 0 unspecified atom stereocenters. The standard InChI is InChI=1S/C8H11NO3S/c1-3-12-8(11)6-4-13-7(9-6)5(2)10/h4-5,10H,3H2,1-2H3/t5-/m1/s1. The molecule has 0 saturated carbocycles. The Hall–Kier alpha value is -0.940. The number of carbonyl (C=O) groups excluding carboxylic acids is 1. The normalized spacial score (nSPS) is 12.5. The third-order valence-electron chi connectivity index (χ3n) is 1.36. The zero-order valence-electron chi connectivity index (χ0n) is 7.48. The first-order valence-corrected chi connectivity index (χ1v) is 4.83. The van der Waals surface area contributed by atoms with Crippen molar-refractivity contribution < 1.29 is 14.6 Å². The first-order valence-electron chi connectivity index (χ1n) is 3.95. The average molecular weight is 201 g/mol. The van der Waals surface area contributed by atoms with Gasteiger partial charge in [0.25, 0.3) is 0 Å². The first kappa shape index (κ1) is 10.1. The van der Waals surface area contributed by atoms with E-state index in [1.165, 1.54) is 11.3 Å². The van der Waals surface area contributed by atoms with E-state index in [1.807, 2.05) is 0 Å². The molecule has 13 heavy (non-hydrogen) atoms. The monoisotopic (exact) mass is 201 g/mol. The van der Waals surface area contributed by atoms with Crippen molar-refractivity contribution in [2.24, 2.45) is 0 Å². The van der Waals surface area contributed by atoms with Gasteiger partial charge in [0.15, 0.2) is 5.69 Å². The van der Waals surface area contributed by atoms with E-state index in [2.05, 4.69) is 4.98 Å². The van der Waals surface area contributed by atoms with E-state index in [9.17, 15) is 4.79 Å². The summed E-state index contributed by atoms with van der Waals surface area (Å²) in [5, 5.41) is 11.3. The quantitative estimate of drug-likeness (QED) is 0.750. The molecule has 0 saturated heterocycles. The summed E-state index contributed by atoms with van der Waals surface area (Å²) in [4.78, 5) is 15.0. The lowest BCUT2D eigenvalue weighted by molar-refractivity contribution is 0.0520. The van der Waals surface area contributed by atoms with E-state index >= 15 is 0 Å². The van der Waals surface area contributed by atoms with Crippen LogP contribution >= 0.6 is 11.3 Å². The maximum Gasteiger partial charge on any atom is 0.357 e. The molecular weight excluding hydrogens is 190 g/mol. The van der Waals surface area contributed by atoms with Crippen LogP contribution in [0.1, 0.15) is 35.4 Å². The van der Waals surface area contributed by atoms with Crippen molar-refractivity contribution in [3.8, 4) is 0 Å². The maximum atomic E-state index is 11.1. The lowest BCUT2D eigenvalue weighted by Gasteiger charge is -1.97. The fourth-order valence-corrected chi connectivity index (χ4v) is 1.51. The second kappa shape index (κ2) is 4.34. The van der Waals surface area contributed by atoms with E-state index in [0.29, 0.717) is 11.6 Å². The van der Waals surface area contributed by atoms with Gasteiger partial charge in [-0.05, 0) is 13.8 Å². The third-order valence-corrected chi connectivity index (χ3v) is 2.38. The second-order valence-electron chi connectivity index (χ2n) is 2.47. The minimum atomic E-state index is -0.631. The molecule has 0 radical (unpaired) electrons. The SMILES string of the molecule is CCOC(=O)c1csc([C@@H](C)O)n1. The molecule has 1 atom stereocenters. The summed E-state index contributed by atoms with van der Waals surface area (Å²) in [6, 6.07) is 0. The summed E-state index contributed by atoms with van der Waals surface area (Å²) < 4.78 is 4.74. The van der Waals surface area contributed by atoms with Crippen LogP contribution in [0.3, 0.4) is 0 Å². The van der Waals surface area contributed by atoms with Crippen molar-refractivity contribution in [2.45, 2.75) is 20.0 Å². The Labute approximate surface area is 80.2 Å². The van der Waals surface area contributed by atoms with Crippen molar-refractivity contribution in [1.82, 2.24) is 4.98 Å². The highest BCUT2D eigenvalue weighted by molar-refractivity contribution is 7.09. The van der Waals surface area contributed by atoms with Crippen molar-refractivity contribution in [3.05, 3.63) is 16.1 Å². The number of thiazole rings is 1. The molecular formula is C8H11NO3S. The van der Waals surface area contributed by atoms with Crippen LogP contribution in [0, 0.1) is 0 Å². The predicted octanol–water partition coefficient (Wildman–Crippen LogP) is 1.37. The van der Waals surface area contributed by atoms with Gasteiger partial charge >= 0.3 is 5.97 Å². The van der Waals surface area contributed by atoms with Gasteiger partial charge in [0.2, 0.25) is 0 Å². The summed E-state index contributed by atoms with van der Waals surface area (Å²) in [6.07, 6.45) is -0.631. The van der Waals surface area contributed by atoms with E-state index in [0.717, 1.165) is 0 Å². The summed E-state index contributed by atoms with van der Waals surface area (Å²) >= 11 is 1.25. The van der Waals surface area contributed by atoms with Gasteiger partial charge in [-0.3, -0.25) is 0 Å². The average Bonchev–Trinajstić information content (AvgIpc) is 2.52. The van der Waals surface area contributed by atoms with Crippen LogP contribution in [0.2, 0.25) is 0 Å². The lowest BCUT2D eigenvalue weighted by atomic mass is 10.4. The smallest absolute Gasteiger partial charge is 0.357 e. The summed E-state index contributed by atoms with van der Waals surface area (Å²) in [5.74, 6) is -0.439. The van der Waals surface area contributed by atoms with Crippen LogP contribution in [0.4, 0.5) is 0 Å². The Morgan fingerprint density at radius 1 is 1.85 bits per heavy atom. The fraction of sp³-hybridized carbons (Fsp3) is 0.500. The molecule has 0 bridgehead atoms. The van der Waals surface area contributed by atoms with Crippen molar-refractivity contribution >= 4 is 17.3 Å². The first-order chi connectivity index (χ1) is 6.15. The van der Waals surface area contributed by atoms with E-state index in [4.69, 9.17) is 9.84 Å². The number of nitrogens with zero attached hydrogens (tertiary/aromatic N) is 1. The van der Waals surface area contributed by atoms with Gasteiger partial charge in [-0.1, -0.05) is 0 Å². The number of aliphatic hydroxyl groups is 1. The third kappa shape index (κ3) is 2.50. The highest BCUT2D eigenvalue weighted by Crippen LogP contribution is 2.17. The number of ether oxygens (including phenoxy) is 1. The molecule has 1 rings (SSSR count). The molecule has 72 valence electrons. The molecule has 1 aromatic heterocycles. The van der Waals surface area contributed by atoms with Gasteiger partial charge in [0.1, 0.15) is 11.1 Å². The van der Waals surface area contributed by atoms with Gasteiger partial charge < -0.3 is 9.84 Å². The summed E-state index contributed by atoms with van der Waals surface area (Å²) in [5.41, 5.74) is 0.266. The topological polar surface area (TPSA) is 59.4 Å². The summed E-state index contributed by atoms with van der Waals surface area (Å²) in [6.45, 7) is 3.67. The van der Waals surface area contributed by atoms with E-state index < -0.39 is 12.1 Å². The van der Waals surface area contributed by atoms with Crippen molar-refractivity contribution in [2.75, 3.05) is 6.61 Å². The van der Waals surface area contributed by atoms with Gasteiger partial charge in [-0.2, -0.15) is 0 Å². The van der Waals surface area contributed by atoms with Gasteiger partial charge in [0.05, 0.1) is 6.61 Å². The van der Waals surface area contributed by atoms with Crippen LogP contribution < -0.4 is 0 Å². The highest BCUT2D eigenvalue weighted by atomic mass is 32.1. The zero-order chi connectivity index (χ0) is 9.84. The minimum Gasteiger partial charge on any atom is -0.461 e. The van der Waals surface area contributed by atoms with Crippen LogP contribution in [0.5, 0.6) is 0 Å². The Morgan fingerprint density at radius 2 is 2.54 bits per heavy atom. The van der Waals surface area contributed by atoms with E-state index in [-0.39, 0.29) is 5.69 Å². The molecule has 0 aliphatic heterocycles. The molecule has 1 aromatic rings. The second-order valence-corrected chi connectivity index (χ2v) is 3.36. The number of hydrogen-bond acceptors (Lipinski definition) is 5. The molecule has 0 spiro atoms. The molecule has 0 fully saturated rings. The van der Waals surface area contributed by atoms with Crippen molar-refractivity contribution in [3.63, 3.8) is 0 Å². The van der Waals surface area contributed by atoms with Crippen LogP contribution in [0.25, 0.3) is 0 Å². The number of aromatic nitrogens is 1. The number of carbonyl (C=O) groups is 1. The molecule has 4 nitrogen and oxygen atoms in total. The molecule has 0 aliphatic rings. The maximum absolute atomic E-state index is 11.1. The molecule has 0 aromatic carbocycles. The Morgan fingerprint density at radius 3 is 3.00 bits per heavy atom. The molecule has 0 amide bonds. The highest BCUT2D eigenvalue weighted by Gasteiger charge is 2.13. The minimum absolute atomic E-state index is 0.266. The van der Waals surface area contributed by atoms with Crippen LogP contribution in [-0.2, 0) is 4.74 Å². The number of rotatable bonds is 3. The van der Waals surface area contributed by atoms with Gasteiger partial charge in [-0.25, -0.2) is 9.78 Å². The number of aliphatic hydroxyl groups excluding tert-OH is 1. The number of hydrogen-bond donors (Lipinski definition) is 1. The zero-order valence-corrected chi connectivity index (χ0v) is 8.30. The Balaban J connectivity index is 2.73. The fourth-order valence-electron chi connectivity index (χ4n) is 0.778. The molecule has 5 heteroatoms. The Bertz CT molecular complexity index is 295. The molecule has 1 N–H and O–H groups in total. The number of esters is 1. The predicted molar refractivity (Wildman–Crippen MR) is 48.7 cm³/mol. The van der Waals surface area contributed by atoms with E-state index in [1.54, 1.807) is 19.2 Å². The Kier molecular flexibility index (Phi) is 3.39. The molecule has 1 heterocycles. The van der Waals surface area contributed by atoms with Gasteiger partial charge in [0, 0.05) is 5.38 Å². The van der Waals surface area contributed by atoms with Crippen LogP contribution in [0.15, 0.2) is 5.38 Å².